The quantitative estimate of drug-likeness (QED) is 0.461. The number of aliphatic hydroxyl groups is 1. The largest absolute Gasteiger partial charge is 0.393 e. The lowest BCUT2D eigenvalue weighted by Gasteiger charge is -2.14. The summed E-state index contributed by atoms with van der Waals surface area (Å²) in [4.78, 5) is 0. The van der Waals surface area contributed by atoms with Crippen molar-refractivity contribution in [2.24, 2.45) is 0 Å². The molecule has 7 heavy (non-hydrogen) atoms. The van der Waals surface area contributed by atoms with Crippen LogP contribution in [0.2, 0.25) is 0 Å². The van der Waals surface area contributed by atoms with Crippen molar-refractivity contribution in [3.05, 3.63) is 0 Å². The average Bonchev–Trinajstić information content (AvgIpc) is 1.69. The van der Waals surface area contributed by atoms with Gasteiger partial charge < -0.3 is 5.11 Å². The van der Waals surface area contributed by atoms with Gasteiger partial charge in [-0.3, -0.25) is 0 Å². The van der Waals surface area contributed by atoms with E-state index >= 15 is 0 Å². The molecule has 1 rings (SSSR count). The molecular weight excluding hydrogens is 94.0 g/mol. The third-order valence-corrected chi connectivity index (χ3v) is 1.57. The van der Waals surface area contributed by atoms with Gasteiger partial charge in [0.2, 0.25) is 0 Å². The van der Waals surface area contributed by atoms with Gasteiger partial charge in [0.15, 0.2) is 0 Å². The zero-order valence-electron chi connectivity index (χ0n) is 4.56. The third kappa shape index (κ3) is 1.48. The second-order valence-electron chi connectivity index (χ2n) is 2.29. The molecule has 1 heteroatoms. The Kier molecular flexibility index (Phi) is 1.69. The van der Waals surface area contributed by atoms with Gasteiger partial charge in [-0.25, -0.2) is 0 Å². The first-order chi connectivity index (χ1) is 3.39. The van der Waals surface area contributed by atoms with Crippen molar-refractivity contribution in [1.29, 1.82) is 0 Å². The van der Waals surface area contributed by atoms with Crippen LogP contribution in [0.5, 0.6) is 0 Å². The predicted molar refractivity (Wildman–Crippen MR) is 29.1 cm³/mol. The molecular formula is C6H12O. The van der Waals surface area contributed by atoms with Gasteiger partial charge >= 0.3 is 0 Å². The average molecular weight is 106 g/mol. The highest BCUT2D eigenvalue weighted by Crippen LogP contribution is 2.16. The molecule has 0 aromatic rings. The normalized spacial score (nSPS) is 25.3. The SMILES string of the molecule is O[13CH]1[13CH2][13CH2][13CH2][13CH2][13CH2]1. The Bertz CT molecular complexity index is 46.1. The summed E-state index contributed by atoms with van der Waals surface area (Å²) in [7, 11) is 0. The fourth-order valence-corrected chi connectivity index (χ4v) is 1.08. The minimum Gasteiger partial charge on any atom is -0.393 e. The molecule has 0 radical (unpaired) electrons. The highest BCUT2D eigenvalue weighted by atomic mass is 16.4. The standard InChI is InChI=1S/C6H12O/c7-6-4-2-1-3-5-6/h6-7H,1-5H2/i1+1,2+1,3+1,4+1,5+1,6+1. The minimum absolute atomic E-state index is 0.0359. The predicted octanol–water partition coefficient (Wildman–Crippen LogP) is 1.31. The Labute approximate surface area is 44.4 Å². The van der Waals surface area contributed by atoms with Gasteiger partial charge in [0, 0.05) is 0 Å². The monoisotopic (exact) mass is 106 g/mol. The van der Waals surface area contributed by atoms with E-state index in [-0.39, 0.29) is 6.10 Å². The van der Waals surface area contributed by atoms with Crippen LogP contribution in [0.3, 0.4) is 0 Å². The van der Waals surface area contributed by atoms with Crippen LogP contribution in [0.25, 0.3) is 0 Å². The maximum atomic E-state index is 8.91. The van der Waals surface area contributed by atoms with E-state index in [2.05, 4.69) is 0 Å². The molecule has 42 valence electrons. The molecule has 0 bridgehead atoms. The lowest BCUT2D eigenvalue weighted by atomic mass is 11.0. The van der Waals surface area contributed by atoms with E-state index in [0.717, 1.165) is 12.8 Å². The zero-order chi connectivity index (χ0) is 5.11. The molecule has 0 atom stereocenters. The molecule has 0 aromatic carbocycles. The molecule has 1 aliphatic rings. The third-order valence-electron chi connectivity index (χ3n) is 1.57. The van der Waals surface area contributed by atoms with Crippen LogP contribution < -0.4 is 0 Å². The van der Waals surface area contributed by atoms with E-state index in [1.54, 1.807) is 0 Å². The minimum atomic E-state index is 0.0359. The summed E-state index contributed by atoms with van der Waals surface area (Å²) in [5.74, 6) is 0. The van der Waals surface area contributed by atoms with Crippen LogP contribution >= 0.6 is 0 Å². The Morgan fingerprint density at radius 3 is 1.86 bits per heavy atom. The van der Waals surface area contributed by atoms with Crippen LogP contribution in [0.15, 0.2) is 0 Å². The van der Waals surface area contributed by atoms with Gasteiger partial charge in [-0.1, -0.05) is 19.3 Å². The molecule has 1 fully saturated rings. The Balaban J connectivity index is 2.12. The van der Waals surface area contributed by atoms with Gasteiger partial charge in [-0.15, -0.1) is 0 Å². The van der Waals surface area contributed by atoms with Crippen LogP contribution in [0.4, 0.5) is 0 Å². The Morgan fingerprint density at radius 1 is 1.00 bits per heavy atom. The molecule has 1 nitrogen and oxygen atoms in total. The van der Waals surface area contributed by atoms with Crippen LogP contribution in [-0.2, 0) is 0 Å². The maximum absolute atomic E-state index is 8.91. The highest BCUT2D eigenvalue weighted by Gasteiger charge is 2.07. The van der Waals surface area contributed by atoms with Crippen molar-refractivity contribution in [3.8, 4) is 0 Å². The van der Waals surface area contributed by atoms with E-state index in [0.29, 0.717) is 0 Å². The van der Waals surface area contributed by atoms with Gasteiger partial charge in [0.25, 0.3) is 0 Å². The zero-order valence-corrected chi connectivity index (χ0v) is 4.56. The van der Waals surface area contributed by atoms with Gasteiger partial charge in [0.05, 0.1) is 6.10 Å². The fourth-order valence-electron chi connectivity index (χ4n) is 1.08. The first-order valence-electron chi connectivity index (χ1n) is 3.07. The summed E-state index contributed by atoms with van der Waals surface area (Å²) in [5.41, 5.74) is 0. The van der Waals surface area contributed by atoms with Gasteiger partial charge in [-0.2, -0.15) is 0 Å². The topological polar surface area (TPSA) is 20.2 Å². The molecule has 0 aromatic heterocycles. The van der Waals surface area contributed by atoms with E-state index in [9.17, 15) is 0 Å². The summed E-state index contributed by atoms with van der Waals surface area (Å²) in [6.07, 6.45) is 5.92. The van der Waals surface area contributed by atoms with E-state index in [4.69, 9.17) is 5.11 Å². The van der Waals surface area contributed by atoms with Crippen molar-refractivity contribution in [2.75, 3.05) is 0 Å². The second-order valence-corrected chi connectivity index (χ2v) is 2.29. The maximum Gasteiger partial charge on any atom is 0.0540 e. The molecule has 0 spiro atoms. The van der Waals surface area contributed by atoms with Gasteiger partial charge in [0.1, 0.15) is 0 Å². The smallest absolute Gasteiger partial charge is 0.0540 e. The summed E-state index contributed by atoms with van der Waals surface area (Å²) in [6.45, 7) is 0. The number of hydrogen-bond acceptors (Lipinski definition) is 1. The van der Waals surface area contributed by atoms with Crippen LogP contribution in [0.1, 0.15) is 32.1 Å². The molecule has 0 aliphatic heterocycles. The van der Waals surface area contributed by atoms with Crippen molar-refractivity contribution in [2.45, 2.75) is 38.2 Å². The summed E-state index contributed by atoms with van der Waals surface area (Å²) in [5, 5.41) is 8.91. The Hall–Kier alpha value is -0.0400. The number of rotatable bonds is 0. The number of hydrogen-bond donors (Lipinski definition) is 1. The molecule has 0 unspecified atom stereocenters. The second kappa shape index (κ2) is 2.31. The molecule has 1 N–H and O–H groups in total. The van der Waals surface area contributed by atoms with Crippen molar-refractivity contribution in [1.82, 2.24) is 0 Å². The van der Waals surface area contributed by atoms with E-state index in [1.165, 1.54) is 19.3 Å². The molecule has 0 saturated heterocycles. The molecule has 0 heterocycles. The molecule has 1 aliphatic carbocycles. The van der Waals surface area contributed by atoms with E-state index < -0.39 is 0 Å². The summed E-state index contributed by atoms with van der Waals surface area (Å²) < 4.78 is 0. The lowest BCUT2D eigenvalue weighted by molar-refractivity contribution is 0.130. The van der Waals surface area contributed by atoms with Crippen molar-refractivity contribution in [3.63, 3.8) is 0 Å². The van der Waals surface area contributed by atoms with E-state index in [1.807, 2.05) is 0 Å². The fraction of sp³-hybridized carbons (Fsp3) is 1.00. The van der Waals surface area contributed by atoms with Crippen molar-refractivity contribution >= 4 is 0 Å². The first kappa shape index (κ1) is 5.10. The summed E-state index contributed by atoms with van der Waals surface area (Å²) in [6, 6.07) is 0. The first-order valence-corrected chi connectivity index (χ1v) is 3.07. The number of aliphatic hydroxyl groups excluding tert-OH is 1. The molecule has 1 saturated carbocycles. The summed E-state index contributed by atoms with van der Waals surface area (Å²) >= 11 is 0. The Morgan fingerprint density at radius 2 is 1.57 bits per heavy atom. The highest BCUT2D eigenvalue weighted by molar-refractivity contribution is 4.61. The lowest BCUT2D eigenvalue weighted by Crippen LogP contribution is -2.09. The van der Waals surface area contributed by atoms with Gasteiger partial charge in [-0.05, 0) is 12.8 Å². The van der Waals surface area contributed by atoms with Crippen molar-refractivity contribution < 1.29 is 5.11 Å². The molecule has 0 amide bonds. The van der Waals surface area contributed by atoms with Crippen LogP contribution in [-0.4, -0.2) is 11.2 Å². The van der Waals surface area contributed by atoms with Crippen LogP contribution in [0, 0.1) is 0 Å².